The average molecular weight is 401 g/mol. The summed E-state index contributed by atoms with van der Waals surface area (Å²) in [4.78, 5) is 24.8. The summed E-state index contributed by atoms with van der Waals surface area (Å²) in [7, 11) is 0. The van der Waals surface area contributed by atoms with Crippen LogP contribution < -0.4 is 0 Å². The van der Waals surface area contributed by atoms with Crippen LogP contribution in [0, 0.1) is 28.6 Å². The van der Waals surface area contributed by atoms with Crippen LogP contribution in [0.15, 0.2) is 11.6 Å². The molecular formula is C26H40O3. The van der Waals surface area contributed by atoms with E-state index >= 15 is 0 Å². The van der Waals surface area contributed by atoms with Gasteiger partial charge >= 0.3 is 5.97 Å². The quantitative estimate of drug-likeness (QED) is 0.294. The number of carbonyl (C=O) groups excluding carboxylic acids is 2. The van der Waals surface area contributed by atoms with Crippen LogP contribution in [0.5, 0.6) is 0 Å². The number of Topliss-reactive ketones (excluding diaryl/α,β-unsaturated/α-hetero) is 1. The van der Waals surface area contributed by atoms with Crippen molar-refractivity contribution in [3.63, 3.8) is 0 Å². The van der Waals surface area contributed by atoms with Gasteiger partial charge in [-0.1, -0.05) is 51.7 Å². The number of fused-ring (bicyclic) bond motifs is 5. The molecule has 3 saturated carbocycles. The van der Waals surface area contributed by atoms with E-state index in [-0.39, 0.29) is 22.9 Å². The fraction of sp³-hybridized carbons (Fsp3) is 0.846. The predicted molar refractivity (Wildman–Crippen MR) is 115 cm³/mol. The number of hydrogen-bond donors (Lipinski definition) is 0. The summed E-state index contributed by atoms with van der Waals surface area (Å²) in [5.41, 5.74) is 1.74. The minimum Gasteiger partial charge on any atom is -0.462 e. The molecule has 3 nitrogen and oxygen atoms in total. The normalized spacial score (nSPS) is 41.2. The molecule has 3 heteroatoms. The molecule has 4 aliphatic rings. The van der Waals surface area contributed by atoms with E-state index in [2.05, 4.69) is 26.8 Å². The average Bonchev–Trinajstić information content (AvgIpc) is 3.00. The van der Waals surface area contributed by atoms with Gasteiger partial charge in [0.15, 0.2) is 0 Å². The molecule has 0 spiro atoms. The number of carbonyl (C=O) groups is 2. The molecule has 162 valence electrons. The Balaban J connectivity index is 1.39. The van der Waals surface area contributed by atoms with E-state index in [0.717, 1.165) is 57.8 Å². The van der Waals surface area contributed by atoms with Crippen molar-refractivity contribution >= 4 is 11.8 Å². The Hall–Kier alpha value is -1.12. The lowest BCUT2D eigenvalue weighted by atomic mass is 9.48. The number of esters is 1. The summed E-state index contributed by atoms with van der Waals surface area (Å²) in [6.45, 7) is 6.91. The first-order valence-corrected chi connectivity index (χ1v) is 12.3. The van der Waals surface area contributed by atoms with Gasteiger partial charge in [-0.3, -0.25) is 9.59 Å². The summed E-state index contributed by atoms with van der Waals surface area (Å²) in [6.07, 6.45) is 16.0. The van der Waals surface area contributed by atoms with Crippen molar-refractivity contribution in [1.29, 1.82) is 0 Å². The highest BCUT2D eigenvalue weighted by molar-refractivity contribution is 5.87. The van der Waals surface area contributed by atoms with Gasteiger partial charge in [-0.25, -0.2) is 0 Å². The first-order valence-electron chi connectivity index (χ1n) is 12.3. The maximum atomic E-state index is 12.6. The monoisotopic (exact) mass is 400 g/mol. The van der Waals surface area contributed by atoms with Crippen molar-refractivity contribution in [3.05, 3.63) is 11.6 Å². The van der Waals surface area contributed by atoms with Gasteiger partial charge in [0.05, 0.1) is 0 Å². The molecule has 0 aromatic rings. The zero-order valence-corrected chi connectivity index (χ0v) is 18.8. The Morgan fingerprint density at radius 2 is 1.83 bits per heavy atom. The number of hydrogen-bond acceptors (Lipinski definition) is 3. The van der Waals surface area contributed by atoms with E-state index < -0.39 is 0 Å². The second-order valence-corrected chi connectivity index (χ2v) is 10.8. The highest BCUT2D eigenvalue weighted by Crippen LogP contribution is 2.64. The first-order chi connectivity index (χ1) is 13.9. The van der Waals surface area contributed by atoms with Crippen LogP contribution in [0.3, 0.4) is 0 Å². The van der Waals surface area contributed by atoms with Crippen molar-refractivity contribution in [2.45, 2.75) is 110 Å². The van der Waals surface area contributed by atoms with Gasteiger partial charge in [0.25, 0.3) is 0 Å². The minimum atomic E-state index is -0.0482. The van der Waals surface area contributed by atoms with Crippen LogP contribution in [0.4, 0.5) is 0 Å². The van der Waals surface area contributed by atoms with Crippen molar-refractivity contribution in [3.8, 4) is 0 Å². The Kier molecular flexibility index (Phi) is 5.97. The molecule has 4 rings (SSSR count). The molecule has 6 atom stereocenters. The van der Waals surface area contributed by atoms with Crippen LogP contribution >= 0.6 is 0 Å². The maximum Gasteiger partial charge on any atom is 0.306 e. The molecule has 0 aromatic heterocycles. The third-order valence-corrected chi connectivity index (χ3v) is 9.30. The summed E-state index contributed by atoms with van der Waals surface area (Å²) in [5, 5.41) is 0. The number of ketones is 1. The maximum absolute atomic E-state index is 12.6. The second kappa shape index (κ2) is 8.19. The lowest BCUT2D eigenvalue weighted by Gasteiger charge is -2.56. The first kappa shape index (κ1) is 21.1. The third kappa shape index (κ3) is 3.72. The fourth-order valence-corrected chi connectivity index (χ4v) is 7.44. The van der Waals surface area contributed by atoms with Crippen molar-refractivity contribution in [2.75, 3.05) is 0 Å². The topological polar surface area (TPSA) is 43.4 Å². The zero-order chi connectivity index (χ0) is 20.6. The standard InChI is InChI=1S/C26H40O3/c1-4-5-6-7-8-24(28)29-19-13-15-25(2)18(17-19)9-10-20-21-11-12-23(27)26(21,3)16-14-22(20)25/h9,19-22H,4-8,10-17H2,1-3H3/t19?,20?,21?,22?,25-,26-/m0/s1. The second-order valence-electron chi connectivity index (χ2n) is 10.8. The van der Waals surface area contributed by atoms with E-state index in [0.29, 0.717) is 30.0 Å². The molecule has 3 fully saturated rings. The number of unbranched alkanes of at least 4 members (excludes halogenated alkanes) is 3. The molecule has 0 N–H and O–H groups in total. The molecule has 4 unspecified atom stereocenters. The van der Waals surface area contributed by atoms with E-state index in [1.165, 1.54) is 19.3 Å². The molecule has 0 heterocycles. The Labute approximate surface area is 177 Å². The molecule has 0 saturated heterocycles. The van der Waals surface area contributed by atoms with Gasteiger partial charge in [-0.15, -0.1) is 0 Å². The highest BCUT2D eigenvalue weighted by Gasteiger charge is 2.58. The third-order valence-electron chi connectivity index (χ3n) is 9.30. The SMILES string of the molecule is CCCCCCC(=O)OC1CC[C@@]2(C)C(=CCC3C2CC[C@]2(C)C(=O)CCC32)C1. The fourth-order valence-electron chi connectivity index (χ4n) is 7.44. The van der Waals surface area contributed by atoms with E-state index in [1.807, 2.05) is 0 Å². The lowest BCUT2D eigenvalue weighted by molar-refractivity contribution is -0.151. The van der Waals surface area contributed by atoms with Crippen LogP contribution in [-0.2, 0) is 14.3 Å². The molecule has 29 heavy (non-hydrogen) atoms. The van der Waals surface area contributed by atoms with Gasteiger partial charge in [-0.2, -0.15) is 0 Å². The molecule has 0 aliphatic heterocycles. The van der Waals surface area contributed by atoms with Gasteiger partial charge < -0.3 is 4.74 Å². The summed E-state index contributed by atoms with van der Waals surface area (Å²) in [6, 6.07) is 0. The van der Waals surface area contributed by atoms with Crippen LogP contribution in [-0.4, -0.2) is 17.9 Å². The molecular weight excluding hydrogens is 360 g/mol. The van der Waals surface area contributed by atoms with Crippen molar-refractivity contribution in [1.82, 2.24) is 0 Å². The van der Waals surface area contributed by atoms with Crippen LogP contribution in [0.2, 0.25) is 0 Å². The lowest BCUT2D eigenvalue weighted by Crippen LogP contribution is -2.50. The largest absolute Gasteiger partial charge is 0.462 e. The molecule has 0 radical (unpaired) electrons. The number of rotatable bonds is 6. The predicted octanol–water partition coefficient (Wildman–Crippen LogP) is 6.40. The van der Waals surface area contributed by atoms with Crippen LogP contribution in [0.1, 0.15) is 104 Å². The molecule has 0 aromatic carbocycles. The van der Waals surface area contributed by atoms with E-state index in [4.69, 9.17) is 4.74 Å². The Morgan fingerprint density at radius 3 is 2.62 bits per heavy atom. The molecule has 0 amide bonds. The minimum absolute atomic E-state index is 0.00175. The summed E-state index contributed by atoms with van der Waals surface area (Å²) < 4.78 is 5.88. The number of allylic oxidation sites excluding steroid dienone is 1. The highest BCUT2D eigenvalue weighted by atomic mass is 16.5. The van der Waals surface area contributed by atoms with Gasteiger partial charge in [0.1, 0.15) is 11.9 Å². The van der Waals surface area contributed by atoms with E-state index in [9.17, 15) is 9.59 Å². The van der Waals surface area contributed by atoms with Gasteiger partial charge in [-0.05, 0) is 68.1 Å². The van der Waals surface area contributed by atoms with Crippen LogP contribution in [0.25, 0.3) is 0 Å². The van der Waals surface area contributed by atoms with Crippen molar-refractivity contribution in [2.24, 2.45) is 28.6 Å². The Morgan fingerprint density at radius 1 is 1.07 bits per heavy atom. The zero-order valence-electron chi connectivity index (χ0n) is 18.8. The summed E-state index contributed by atoms with van der Waals surface area (Å²) >= 11 is 0. The molecule has 4 aliphatic carbocycles. The van der Waals surface area contributed by atoms with E-state index in [1.54, 1.807) is 5.57 Å². The summed E-state index contributed by atoms with van der Waals surface area (Å²) in [5.74, 6) is 2.49. The van der Waals surface area contributed by atoms with Crippen molar-refractivity contribution < 1.29 is 14.3 Å². The smallest absolute Gasteiger partial charge is 0.306 e. The van der Waals surface area contributed by atoms with Gasteiger partial charge in [0.2, 0.25) is 0 Å². The number of ether oxygens (including phenoxy) is 1. The van der Waals surface area contributed by atoms with Gasteiger partial charge in [0, 0.05) is 24.7 Å². The Bertz CT molecular complexity index is 679. The molecule has 0 bridgehead atoms.